The summed E-state index contributed by atoms with van der Waals surface area (Å²) in [6.07, 6.45) is 3.60. The van der Waals surface area contributed by atoms with Gasteiger partial charge in [-0.05, 0) is 37.5 Å². The van der Waals surface area contributed by atoms with Crippen LogP contribution in [0.2, 0.25) is 5.02 Å². The molecule has 0 spiro atoms. The van der Waals surface area contributed by atoms with Crippen LogP contribution in [0, 0.1) is 5.92 Å². The highest BCUT2D eigenvalue weighted by Crippen LogP contribution is 2.22. The zero-order valence-electron chi connectivity index (χ0n) is 13.9. The number of rotatable bonds is 5. The summed E-state index contributed by atoms with van der Waals surface area (Å²) in [6, 6.07) is 7.02. The van der Waals surface area contributed by atoms with Gasteiger partial charge in [-0.3, -0.25) is 9.59 Å². The standard InChI is InChI=1S/C18H25ClN2O2/c1-3-4-10-20(2)17(22)14-8-11-21(12-9-14)18(23)15-6-5-7-16(19)13-15/h5-7,13-14H,3-4,8-12H2,1-2H3. The molecule has 0 aromatic heterocycles. The highest BCUT2D eigenvalue weighted by Gasteiger charge is 2.29. The fraction of sp³-hybridized carbons (Fsp3) is 0.556. The third-order valence-electron chi connectivity index (χ3n) is 4.43. The van der Waals surface area contributed by atoms with E-state index in [1.165, 1.54) is 0 Å². The molecule has 1 aliphatic heterocycles. The minimum atomic E-state index is -0.00210. The van der Waals surface area contributed by atoms with Gasteiger partial charge < -0.3 is 9.80 Å². The zero-order valence-corrected chi connectivity index (χ0v) is 14.7. The molecule has 23 heavy (non-hydrogen) atoms. The average Bonchev–Trinajstić information content (AvgIpc) is 2.58. The number of likely N-dealkylation sites (tertiary alicyclic amines) is 1. The third-order valence-corrected chi connectivity index (χ3v) is 4.66. The molecule has 2 rings (SSSR count). The van der Waals surface area contributed by atoms with Crippen LogP contribution < -0.4 is 0 Å². The molecule has 0 saturated carbocycles. The van der Waals surface area contributed by atoms with Crippen LogP contribution in [0.4, 0.5) is 0 Å². The zero-order chi connectivity index (χ0) is 16.8. The van der Waals surface area contributed by atoms with Crippen LogP contribution in [0.15, 0.2) is 24.3 Å². The van der Waals surface area contributed by atoms with Crippen molar-refractivity contribution in [1.82, 2.24) is 9.80 Å². The normalized spacial score (nSPS) is 15.5. The first-order valence-electron chi connectivity index (χ1n) is 8.32. The summed E-state index contributed by atoms with van der Waals surface area (Å²) in [7, 11) is 1.88. The van der Waals surface area contributed by atoms with E-state index < -0.39 is 0 Å². The Bertz CT molecular complexity index is 554. The van der Waals surface area contributed by atoms with E-state index in [1.807, 2.05) is 16.8 Å². The van der Waals surface area contributed by atoms with Crippen LogP contribution in [0.3, 0.4) is 0 Å². The van der Waals surface area contributed by atoms with Gasteiger partial charge in [-0.25, -0.2) is 0 Å². The summed E-state index contributed by atoms with van der Waals surface area (Å²) in [5.41, 5.74) is 0.613. The molecule has 1 aromatic rings. The smallest absolute Gasteiger partial charge is 0.253 e. The molecule has 126 valence electrons. The highest BCUT2D eigenvalue weighted by molar-refractivity contribution is 6.30. The van der Waals surface area contributed by atoms with Crippen LogP contribution in [-0.4, -0.2) is 48.3 Å². The monoisotopic (exact) mass is 336 g/mol. The van der Waals surface area contributed by atoms with Gasteiger partial charge in [-0.2, -0.15) is 0 Å². The van der Waals surface area contributed by atoms with Gasteiger partial charge in [0.2, 0.25) is 5.91 Å². The number of benzene rings is 1. The maximum absolute atomic E-state index is 12.5. The number of hydrogen-bond donors (Lipinski definition) is 0. The van der Waals surface area contributed by atoms with E-state index >= 15 is 0 Å². The predicted octanol–water partition coefficient (Wildman–Crippen LogP) is 3.45. The number of halogens is 1. The van der Waals surface area contributed by atoms with Crippen molar-refractivity contribution < 1.29 is 9.59 Å². The van der Waals surface area contributed by atoms with Crippen molar-refractivity contribution in [2.45, 2.75) is 32.6 Å². The summed E-state index contributed by atoms with van der Waals surface area (Å²) in [5.74, 6) is 0.256. The SMILES string of the molecule is CCCCN(C)C(=O)C1CCN(C(=O)c2cccc(Cl)c2)CC1. The van der Waals surface area contributed by atoms with Crippen LogP contribution in [0.25, 0.3) is 0 Å². The van der Waals surface area contributed by atoms with Crippen molar-refractivity contribution in [3.05, 3.63) is 34.9 Å². The van der Waals surface area contributed by atoms with Gasteiger partial charge in [0, 0.05) is 43.2 Å². The molecule has 0 N–H and O–H groups in total. The van der Waals surface area contributed by atoms with Crippen molar-refractivity contribution >= 4 is 23.4 Å². The van der Waals surface area contributed by atoms with E-state index in [0.717, 1.165) is 32.2 Å². The predicted molar refractivity (Wildman–Crippen MR) is 92.6 cm³/mol. The molecule has 0 bridgehead atoms. The quantitative estimate of drug-likeness (QED) is 0.826. The van der Waals surface area contributed by atoms with Gasteiger partial charge in [0.05, 0.1) is 0 Å². The van der Waals surface area contributed by atoms with Crippen molar-refractivity contribution in [2.75, 3.05) is 26.7 Å². The van der Waals surface area contributed by atoms with Crippen LogP contribution >= 0.6 is 11.6 Å². The first-order chi connectivity index (χ1) is 11.0. The molecule has 1 aromatic carbocycles. The van der Waals surface area contributed by atoms with Gasteiger partial charge in [-0.15, -0.1) is 0 Å². The lowest BCUT2D eigenvalue weighted by molar-refractivity contribution is -0.135. The Labute approximate surface area is 143 Å². The van der Waals surface area contributed by atoms with Gasteiger partial charge in [0.1, 0.15) is 0 Å². The van der Waals surface area contributed by atoms with Gasteiger partial charge in [0.15, 0.2) is 0 Å². The second-order valence-corrected chi connectivity index (χ2v) is 6.63. The Morgan fingerprint density at radius 2 is 2.00 bits per heavy atom. The van der Waals surface area contributed by atoms with E-state index in [4.69, 9.17) is 11.6 Å². The lowest BCUT2D eigenvalue weighted by Gasteiger charge is -2.33. The lowest BCUT2D eigenvalue weighted by Crippen LogP contribution is -2.43. The first-order valence-corrected chi connectivity index (χ1v) is 8.70. The van der Waals surface area contributed by atoms with E-state index in [9.17, 15) is 9.59 Å². The molecule has 1 aliphatic rings. The molecular weight excluding hydrogens is 312 g/mol. The molecule has 5 heteroatoms. The number of amides is 2. The van der Waals surface area contributed by atoms with E-state index in [0.29, 0.717) is 23.7 Å². The summed E-state index contributed by atoms with van der Waals surface area (Å²) in [4.78, 5) is 28.5. The van der Waals surface area contributed by atoms with Gasteiger partial charge >= 0.3 is 0 Å². The topological polar surface area (TPSA) is 40.6 Å². The minimum absolute atomic E-state index is 0.00210. The van der Waals surface area contributed by atoms with Crippen LogP contribution in [0.5, 0.6) is 0 Å². The molecule has 0 radical (unpaired) electrons. The number of unbranched alkanes of at least 4 members (excludes halogenated alkanes) is 1. The molecule has 1 heterocycles. The molecule has 0 atom stereocenters. The minimum Gasteiger partial charge on any atom is -0.346 e. The third kappa shape index (κ3) is 4.71. The number of nitrogens with zero attached hydrogens (tertiary/aromatic N) is 2. The molecular formula is C18H25ClN2O2. The van der Waals surface area contributed by atoms with Gasteiger partial charge in [-0.1, -0.05) is 31.0 Å². The van der Waals surface area contributed by atoms with Crippen molar-refractivity contribution in [2.24, 2.45) is 5.92 Å². The molecule has 1 fully saturated rings. The molecule has 1 saturated heterocycles. The Morgan fingerprint density at radius 3 is 2.61 bits per heavy atom. The Morgan fingerprint density at radius 1 is 1.30 bits per heavy atom. The Balaban J connectivity index is 1.88. The Kier molecular flexibility index (Phi) is 6.46. The van der Waals surface area contributed by atoms with Gasteiger partial charge in [0.25, 0.3) is 5.91 Å². The highest BCUT2D eigenvalue weighted by atomic mass is 35.5. The number of carbonyl (C=O) groups excluding carboxylic acids is 2. The lowest BCUT2D eigenvalue weighted by atomic mass is 9.95. The van der Waals surface area contributed by atoms with Crippen LogP contribution in [-0.2, 0) is 4.79 Å². The number of carbonyl (C=O) groups is 2. The van der Waals surface area contributed by atoms with E-state index in [1.54, 1.807) is 24.3 Å². The van der Waals surface area contributed by atoms with Crippen molar-refractivity contribution in [3.63, 3.8) is 0 Å². The molecule has 4 nitrogen and oxygen atoms in total. The second-order valence-electron chi connectivity index (χ2n) is 6.19. The summed E-state index contributed by atoms with van der Waals surface area (Å²) in [5, 5.41) is 0.568. The number of piperidine rings is 1. The van der Waals surface area contributed by atoms with E-state index in [-0.39, 0.29) is 17.7 Å². The average molecular weight is 337 g/mol. The second kappa shape index (κ2) is 8.34. The summed E-state index contributed by atoms with van der Waals surface area (Å²) in [6.45, 7) is 4.20. The number of hydrogen-bond acceptors (Lipinski definition) is 2. The maximum atomic E-state index is 12.5. The summed E-state index contributed by atoms with van der Waals surface area (Å²) < 4.78 is 0. The first kappa shape index (κ1) is 17.8. The maximum Gasteiger partial charge on any atom is 0.253 e. The van der Waals surface area contributed by atoms with E-state index in [2.05, 4.69) is 6.92 Å². The largest absolute Gasteiger partial charge is 0.346 e. The fourth-order valence-electron chi connectivity index (χ4n) is 2.95. The molecule has 0 aliphatic carbocycles. The molecule has 0 unspecified atom stereocenters. The fourth-order valence-corrected chi connectivity index (χ4v) is 3.14. The molecule has 2 amide bonds. The van der Waals surface area contributed by atoms with Crippen LogP contribution in [0.1, 0.15) is 43.0 Å². The van der Waals surface area contributed by atoms with Crippen molar-refractivity contribution in [1.29, 1.82) is 0 Å². The summed E-state index contributed by atoms with van der Waals surface area (Å²) >= 11 is 5.95. The van der Waals surface area contributed by atoms with Crippen molar-refractivity contribution in [3.8, 4) is 0 Å². The Hall–Kier alpha value is -1.55.